The average Bonchev–Trinajstić information content (AvgIpc) is 2.86. The Morgan fingerprint density at radius 3 is 2.41 bits per heavy atom. The number of imidazole rings is 1. The van der Waals surface area contributed by atoms with Crippen LogP contribution in [0, 0.1) is 5.92 Å². The molecule has 0 fully saturated rings. The van der Waals surface area contributed by atoms with Gasteiger partial charge in [-0.05, 0) is 29.7 Å². The molecule has 0 aromatic carbocycles. The molecule has 0 bridgehead atoms. The zero-order valence-corrected chi connectivity index (χ0v) is 18.1. The third-order valence-electron chi connectivity index (χ3n) is 3.48. The average molecular weight is 516 g/mol. The molecule has 3 N–H and O–H groups in total. The lowest BCUT2D eigenvalue weighted by Gasteiger charge is -2.30. The zero-order valence-electron chi connectivity index (χ0n) is 14.7. The molecule has 0 aliphatic carbocycles. The number of anilines is 1. The minimum absolute atomic E-state index is 0.00562. The summed E-state index contributed by atoms with van der Waals surface area (Å²) >= 11 is 3.18. The van der Waals surface area contributed by atoms with E-state index in [1.54, 1.807) is 0 Å². The number of fused-ring (bicyclic) bond motifs is 1. The van der Waals surface area contributed by atoms with Crippen molar-refractivity contribution in [3.63, 3.8) is 0 Å². The number of hydrogen-bond donors (Lipinski definition) is 2. The molecule has 14 nitrogen and oxygen atoms in total. The number of H-pyrrole nitrogens is 1. The fourth-order valence-corrected chi connectivity index (χ4v) is 3.50. The summed E-state index contributed by atoms with van der Waals surface area (Å²) in [6.07, 6.45) is -1.77. The standard InChI is InChI=1S/C12H20BrN5O9P2/c13-11-15-8-9(16-12(14)17-10(8)19)18(11)3-7(5-27-6-29(23,24)25)4-26-1-2-28(20,21)22/h7H,1-6H2,(H2,20,21,22)(H2,23,24,25)(H3,14,16,17,19)/p-4. The van der Waals surface area contributed by atoms with Gasteiger partial charge in [0.05, 0.1) is 26.2 Å². The van der Waals surface area contributed by atoms with Crippen LogP contribution in [0.5, 0.6) is 0 Å². The van der Waals surface area contributed by atoms with E-state index in [1.807, 2.05) is 0 Å². The van der Waals surface area contributed by atoms with Crippen LogP contribution in [0.4, 0.5) is 5.95 Å². The molecule has 0 aliphatic heterocycles. The number of nitrogens with two attached hydrogens (primary N) is 1. The highest BCUT2D eigenvalue weighted by Crippen LogP contribution is 2.24. The van der Waals surface area contributed by atoms with E-state index in [2.05, 4.69) is 30.9 Å². The van der Waals surface area contributed by atoms with Crippen LogP contribution in [0.25, 0.3) is 11.2 Å². The molecule has 29 heavy (non-hydrogen) atoms. The van der Waals surface area contributed by atoms with Crippen LogP contribution in [0.15, 0.2) is 9.53 Å². The van der Waals surface area contributed by atoms with Crippen molar-refractivity contribution in [3.8, 4) is 0 Å². The second-order valence-corrected chi connectivity index (χ2v) is 9.86. The number of rotatable bonds is 11. The molecule has 0 aliphatic rings. The molecule has 0 radical (unpaired) electrons. The van der Waals surface area contributed by atoms with Crippen LogP contribution in [-0.4, -0.2) is 51.8 Å². The van der Waals surface area contributed by atoms with E-state index in [-0.39, 0.29) is 48.2 Å². The molecule has 0 saturated heterocycles. The largest absolute Gasteiger partial charge is 0.811 e. The van der Waals surface area contributed by atoms with Crippen molar-refractivity contribution in [1.82, 2.24) is 19.5 Å². The number of ether oxygens (including phenoxy) is 2. The molecule has 0 amide bonds. The van der Waals surface area contributed by atoms with Crippen LogP contribution in [0.2, 0.25) is 0 Å². The maximum absolute atomic E-state index is 11.9. The Morgan fingerprint density at radius 1 is 1.14 bits per heavy atom. The van der Waals surface area contributed by atoms with Crippen molar-refractivity contribution in [3.05, 3.63) is 15.1 Å². The molecule has 2 heterocycles. The van der Waals surface area contributed by atoms with E-state index < -0.39 is 39.2 Å². The third-order valence-corrected chi connectivity index (χ3v) is 5.32. The van der Waals surface area contributed by atoms with Gasteiger partial charge < -0.3 is 48.5 Å². The maximum Gasteiger partial charge on any atom is 0.280 e. The Morgan fingerprint density at radius 2 is 1.79 bits per heavy atom. The molecular weight excluding hydrogens is 500 g/mol. The SMILES string of the molecule is Nc1nc2c(nc(Br)n2CC(COCCP(=O)([O-])[O-])COCP(=O)([O-])[O-])c(=O)[nH]1. The van der Waals surface area contributed by atoms with Crippen molar-refractivity contribution in [2.45, 2.75) is 6.54 Å². The quantitative estimate of drug-likeness (QED) is 0.172. The van der Waals surface area contributed by atoms with Gasteiger partial charge >= 0.3 is 0 Å². The Kier molecular flexibility index (Phi) is 8.13. The number of halogens is 1. The predicted molar refractivity (Wildman–Crippen MR) is 95.5 cm³/mol. The van der Waals surface area contributed by atoms with Crippen LogP contribution >= 0.6 is 31.1 Å². The molecule has 17 heteroatoms. The highest BCUT2D eigenvalue weighted by molar-refractivity contribution is 9.10. The first-order valence-electron chi connectivity index (χ1n) is 7.95. The zero-order chi connectivity index (χ0) is 21.8. The van der Waals surface area contributed by atoms with Crippen LogP contribution < -0.4 is 30.9 Å². The molecule has 1 atom stereocenters. The Hall–Kier alpha value is -1.15. The van der Waals surface area contributed by atoms with Crippen molar-refractivity contribution >= 4 is 48.2 Å². The van der Waals surface area contributed by atoms with Crippen molar-refractivity contribution in [2.75, 3.05) is 38.1 Å². The fraction of sp³-hybridized carbons (Fsp3) is 0.583. The van der Waals surface area contributed by atoms with E-state index in [0.717, 1.165) is 0 Å². The van der Waals surface area contributed by atoms with Crippen molar-refractivity contribution < 1.29 is 38.2 Å². The van der Waals surface area contributed by atoms with E-state index in [9.17, 15) is 33.5 Å². The molecule has 2 aromatic heterocycles. The fourth-order valence-electron chi connectivity index (χ4n) is 2.33. The van der Waals surface area contributed by atoms with Gasteiger partial charge in [0.2, 0.25) is 5.95 Å². The van der Waals surface area contributed by atoms with E-state index in [0.29, 0.717) is 0 Å². The van der Waals surface area contributed by atoms with E-state index >= 15 is 0 Å². The number of aromatic nitrogens is 4. The van der Waals surface area contributed by atoms with Gasteiger partial charge in [0.25, 0.3) is 5.56 Å². The first-order valence-corrected chi connectivity index (χ1v) is 12.2. The Balaban J connectivity index is 2.16. The highest BCUT2D eigenvalue weighted by Gasteiger charge is 2.19. The topological polar surface area (TPSA) is 234 Å². The first-order chi connectivity index (χ1) is 13.4. The van der Waals surface area contributed by atoms with Gasteiger partial charge in [0.15, 0.2) is 15.9 Å². The van der Waals surface area contributed by atoms with Gasteiger partial charge in [0.1, 0.15) is 0 Å². The minimum Gasteiger partial charge on any atom is -0.811 e. The molecule has 1 unspecified atom stereocenters. The van der Waals surface area contributed by atoms with Gasteiger partial charge in [-0.15, -0.1) is 0 Å². The number of nitrogen functional groups attached to an aromatic ring is 1. The molecule has 2 aromatic rings. The predicted octanol–water partition coefficient (Wildman–Crippen LogP) is -3.10. The van der Waals surface area contributed by atoms with Crippen molar-refractivity contribution in [1.29, 1.82) is 0 Å². The summed E-state index contributed by atoms with van der Waals surface area (Å²) in [6.45, 7) is -0.751. The second kappa shape index (κ2) is 9.77. The summed E-state index contributed by atoms with van der Waals surface area (Å²) < 4.78 is 33.1. The lowest BCUT2D eigenvalue weighted by Crippen LogP contribution is -2.26. The first kappa shape index (κ1) is 24.1. The number of nitrogens with zero attached hydrogens (tertiary/aromatic N) is 3. The summed E-state index contributed by atoms with van der Waals surface area (Å²) in [4.78, 5) is 65.1. The lowest BCUT2D eigenvalue weighted by molar-refractivity contribution is -0.319. The van der Waals surface area contributed by atoms with Gasteiger partial charge in [-0.25, -0.2) is 4.98 Å². The van der Waals surface area contributed by atoms with Crippen LogP contribution in [0.3, 0.4) is 0 Å². The monoisotopic (exact) mass is 515 g/mol. The molecule has 0 saturated carbocycles. The molecular formula is C12H16BrN5O9P2-4. The summed E-state index contributed by atoms with van der Waals surface area (Å²) in [5.74, 6) is -0.768. The maximum atomic E-state index is 11.9. The normalized spacial score (nSPS) is 13.8. The Labute approximate surface area is 171 Å². The minimum atomic E-state index is -4.89. The summed E-state index contributed by atoms with van der Waals surface area (Å²) in [5.41, 5.74) is 5.09. The Bertz CT molecular complexity index is 1000. The summed E-state index contributed by atoms with van der Waals surface area (Å²) in [6, 6.07) is 0. The van der Waals surface area contributed by atoms with Gasteiger partial charge in [-0.2, -0.15) is 4.98 Å². The van der Waals surface area contributed by atoms with Crippen molar-refractivity contribution in [2.24, 2.45) is 5.92 Å². The summed E-state index contributed by atoms with van der Waals surface area (Å²) in [5, 5.41) is 0. The number of hydrogen-bond acceptors (Lipinski definition) is 12. The molecule has 2 rings (SSSR count). The van der Waals surface area contributed by atoms with Gasteiger partial charge in [-0.3, -0.25) is 9.78 Å². The van der Waals surface area contributed by atoms with E-state index in [4.69, 9.17) is 15.2 Å². The van der Waals surface area contributed by atoms with Gasteiger partial charge in [0, 0.05) is 12.5 Å². The van der Waals surface area contributed by atoms with E-state index in [1.165, 1.54) is 4.57 Å². The summed E-state index contributed by atoms with van der Waals surface area (Å²) in [7, 11) is -9.63. The van der Waals surface area contributed by atoms with Crippen LogP contribution in [-0.2, 0) is 25.1 Å². The van der Waals surface area contributed by atoms with Crippen LogP contribution in [0.1, 0.15) is 0 Å². The molecule has 164 valence electrons. The third kappa shape index (κ3) is 7.89. The smallest absolute Gasteiger partial charge is 0.280 e. The second-order valence-electron chi connectivity index (χ2n) is 6.00. The van der Waals surface area contributed by atoms with Gasteiger partial charge in [-0.1, -0.05) is 7.60 Å². The number of aromatic amines is 1. The molecule has 0 spiro atoms. The lowest BCUT2D eigenvalue weighted by atomic mass is 10.2. The number of nitrogens with one attached hydrogen (secondary N) is 1. The highest BCUT2D eigenvalue weighted by atomic mass is 79.9.